The molecular formula is C11H17N3. The minimum absolute atomic E-state index is 0.523. The zero-order valence-corrected chi connectivity index (χ0v) is 8.83. The number of hydrogen-bond donors (Lipinski definition) is 1. The zero-order chi connectivity index (χ0) is 9.97. The van der Waals surface area contributed by atoms with Crippen LogP contribution in [0.3, 0.4) is 0 Å². The molecule has 0 atom stereocenters. The first-order valence-electron chi connectivity index (χ1n) is 5.27. The molecule has 2 rings (SSSR count). The van der Waals surface area contributed by atoms with Gasteiger partial charge in [0.1, 0.15) is 5.82 Å². The van der Waals surface area contributed by atoms with E-state index in [-0.39, 0.29) is 0 Å². The van der Waals surface area contributed by atoms with E-state index in [1.807, 2.05) is 12.4 Å². The van der Waals surface area contributed by atoms with Crippen molar-refractivity contribution >= 4 is 0 Å². The Morgan fingerprint density at radius 2 is 2.00 bits per heavy atom. The molecule has 0 unspecified atom stereocenters. The predicted octanol–water partition coefficient (Wildman–Crippen LogP) is 1.36. The lowest BCUT2D eigenvalue weighted by Crippen LogP contribution is -2.43. The van der Waals surface area contributed by atoms with Crippen molar-refractivity contribution in [3.05, 3.63) is 23.8 Å². The third-order valence-electron chi connectivity index (χ3n) is 2.73. The molecule has 1 fully saturated rings. The fourth-order valence-corrected chi connectivity index (χ4v) is 1.52. The smallest absolute Gasteiger partial charge is 0.128 e. The summed E-state index contributed by atoms with van der Waals surface area (Å²) in [6.45, 7) is 6.56. The lowest BCUT2D eigenvalue weighted by atomic mass is 9.99. The maximum atomic E-state index is 4.38. The van der Waals surface area contributed by atoms with Crippen molar-refractivity contribution in [2.75, 3.05) is 13.1 Å². The zero-order valence-electron chi connectivity index (χ0n) is 8.83. The first-order valence-corrected chi connectivity index (χ1v) is 5.27. The summed E-state index contributed by atoms with van der Waals surface area (Å²) in [6.07, 6.45) is 4.93. The van der Waals surface area contributed by atoms with E-state index in [4.69, 9.17) is 0 Å². The van der Waals surface area contributed by atoms with Gasteiger partial charge in [0, 0.05) is 18.8 Å². The summed E-state index contributed by atoms with van der Waals surface area (Å²) in [5.74, 6) is 2.26. The molecule has 76 valence electrons. The third-order valence-corrected chi connectivity index (χ3v) is 2.73. The Balaban J connectivity index is 1.98. The third kappa shape index (κ3) is 2.10. The van der Waals surface area contributed by atoms with E-state index in [9.17, 15) is 0 Å². The van der Waals surface area contributed by atoms with Gasteiger partial charge in [-0.05, 0) is 30.5 Å². The van der Waals surface area contributed by atoms with Crippen LogP contribution >= 0.6 is 0 Å². The van der Waals surface area contributed by atoms with Gasteiger partial charge in [0.15, 0.2) is 0 Å². The van der Waals surface area contributed by atoms with Crippen LogP contribution < -0.4 is 5.32 Å². The molecule has 3 nitrogen and oxygen atoms in total. The molecular weight excluding hydrogens is 174 g/mol. The summed E-state index contributed by atoms with van der Waals surface area (Å²) in [6, 6.07) is 0. The highest BCUT2D eigenvalue weighted by atomic mass is 15.0. The highest BCUT2D eigenvalue weighted by Crippen LogP contribution is 2.13. The van der Waals surface area contributed by atoms with Crippen LogP contribution in [0.25, 0.3) is 0 Å². The first kappa shape index (κ1) is 9.59. The van der Waals surface area contributed by atoms with E-state index in [1.165, 1.54) is 5.56 Å². The number of nitrogens with one attached hydrogen (secondary N) is 1. The van der Waals surface area contributed by atoms with Crippen LogP contribution in [0.2, 0.25) is 0 Å². The molecule has 0 aromatic carbocycles. The van der Waals surface area contributed by atoms with Crippen LogP contribution in [0.4, 0.5) is 0 Å². The van der Waals surface area contributed by atoms with Gasteiger partial charge < -0.3 is 5.32 Å². The summed E-state index contributed by atoms with van der Waals surface area (Å²) >= 11 is 0. The first-order chi connectivity index (χ1) is 6.75. The van der Waals surface area contributed by atoms with Crippen LogP contribution in [-0.4, -0.2) is 23.1 Å². The molecule has 0 amide bonds. The van der Waals surface area contributed by atoms with Gasteiger partial charge in [-0.3, -0.25) is 0 Å². The van der Waals surface area contributed by atoms with Gasteiger partial charge in [-0.15, -0.1) is 0 Å². The highest BCUT2D eigenvalue weighted by Gasteiger charge is 2.18. The van der Waals surface area contributed by atoms with Crippen molar-refractivity contribution in [1.29, 1.82) is 0 Å². The average Bonchev–Trinajstić information content (AvgIpc) is 2.12. The summed E-state index contributed by atoms with van der Waals surface area (Å²) in [7, 11) is 0. The van der Waals surface area contributed by atoms with E-state index in [1.54, 1.807) is 0 Å². The Labute approximate surface area is 85.0 Å². The molecule has 0 saturated carbocycles. The highest BCUT2D eigenvalue weighted by molar-refractivity contribution is 5.10. The van der Waals surface area contributed by atoms with Gasteiger partial charge in [-0.1, -0.05) is 13.8 Å². The molecule has 1 aliphatic heterocycles. The number of nitrogens with zero attached hydrogens (tertiary/aromatic N) is 2. The molecule has 1 N–H and O–H groups in total. The standard InChI is InChI=1S/C11H17N3/c1-8(2)10-6-13-11(14-7-10)3-9-4-12-5-9/h6-9,12H,3-5H2,1-2H3. The maximum Gasteiger partial charge on any atom is 0.128 e. The van der Waals surface area contributed by atoms with Crippen LogP contribution in [0, 0.1) is 5.92 Å². The van der Waals surface area contributed by atoms with Gasteiger partial charge in [0.25, 0.3) is 0 Å². The minimum Gasteiger partial charge on any atom is -0.316 e. The quantitative estimate of drug-likeness (QED) is 0.784. The van der Waals surface area contributed by atoms with Gasteiger partial charge in [-0.2, -0.15) is 0 Å². The number of rotatable bonds is 3. The van der Waals surface area contributed by atoms with Gasteiger partial charge in [0.05, 0.1) is 0 Å². The Morgan fingerprint density at radius 3 is 2.43 bits per heavy atom. The lowest BCUT2D eigenvalue weighted by Gasteiger charge is -2.26. The van der Waals surface area contributed by atoms with Crippen LogP contribution in [0.5, 0.6) is 0 Å². The SMILES string of the molecule is CC(C)c1cnc(CC2CNC2)nc1. The van der Waals surface area contributed by atoms with Gasteiger partial charge in [-0.25, -0.2) is 9.97 Å². The van der Waals surface area contributed by atoms with E-state index in [2.05, 4.69) is 29.1 Å². The van der Waals surface area contributed by atoms with Crippen LogP contribution in [0.1, 0.15) is 31.2 Å². The molecule has 0 aliphatic carbocycles. The van der Waals surface area contributed by atoms with Crippen molar-refractivity contribution in [2.24, 2.45) is 5.92 Å². The van der Waals surface area contributed by atoms with E-state index in [0.29, 0.717) is 5.92 Å². The fourth-order valence-electron chi connectivity index (χ4n) is 1.52. The normalized spacial score (nSPS) is 17.1. The molecule has 0 bridgehead atoms. The second-order valence-corrected chi connectivity index (χ2v) is 4.32. The van der Waals surface area contributed by atoms with Crippen molar-refractivity contribution in [1.82, 2.24) is 15.3 Å². The molecule has 1 saturated heterocycles. The van der Waals surface area contributed by atoms with Crippen molar-refractivity contribution in [2.45, 2.75) is 26.2 Å². The molecule has 1 aliphatic rings. The average molecular weight is 191 g/mol. The summed E-state index contributed by atoms with van der Waals surface area (Å²) < 4.78 is 0. The van der Waals surface area contributed by atoms with Crippen molar-refractivity contribution in [3.63, 3.8) is 0 Å². The number of aromatic nitrogens is 2. The van der Waals surface area contributed by atoms with E-state index < -0.39 is 0 Å². The minimum atomic E-state index is 0.523. The fraction of sp³-hybridized carbons (Fsp3) is 0.636. The largest absolute Gasteiger partial charge is 0.316 e. The van der Waals surface area contributed by atoms with Gasteiger partial charge in [0.2, 0.25) is 0 Å². The second kappa shape index (κ2) is 4.05. The second-order valence-electron chi connectivity index (χ2n) is 4.32. The Kier molecular flexibility index (Phi) is 2.77. The molecule has 3 heteroatoms. The molecule has 14 heavy (non-hydrogen) atoms. The predicted molar refractivity (Wildman–Crippen MR) is 56.2 cm³/mol. The van der Waals surface area contributed by atoms with Crippen LogP contribution in [-0.2, 0) is 6.42 Å². The lowest BCUT2D eigenvalue weighted by molar-refractivity contribution is 0.341. The Morgan fingerprint density at radius 1 is 1.36 bits per heavy atom. The Bertz CT molecular complexity index is 288. The van der Waals surface area contributed by atoms with Gasteiger partial charge >= 0.3 is 0 Å². The number of hydrogen-bond acceptors (Lipinski definition) is 3. The molecule has 2 heterocycles. The summed E-state index contributed by atoms with van der Waals surface area (Å²) in [4.78, 5) is 8.77. The van der Waals surface area contributed by atoms with Crippen LogP contribution in [0.15, 0.2) is 12.4 Å². The molecule has 0 spiro atoms. The van der Waals surface area contributed by atoms with Crippen molar-refractivity contribution < 1.29 is 0 Å². The Hall–Kier alpha value is -0.960. The monoisotopic (exact) mass is 191 g/mol. The van der Waals surface area contributed by atoms with E-state index >= 15 is 0 Å². The van der Waals surface area contributed by atoms with Crippen molar-refractivity contribution in [3.8, 4) is 0 Å². The molecule has 1 aromatic heterocycles. The molecule has 0 radical (unpaired) electrons. The molecule has 1 aromatic rings. The summed E-state index contributed by atoms with van der Waals surface area (Å²) in [5.41, 5.74) is 1.22. The topological polar surface area (TPSA) is 37.8 Å². The maximum absolute atomic E-state index is 4.38. The summed E-state index contributed by atoms with van der Waals surface area (Å²) in [5, 5.41) is 3.26. The van der Waals surface area contributed by atoms with E-state index in [0.717, 1.165) is 31.3 Å².